The number of nitrogens with one attached hydrogen (secondary N) is 2. The molecular weight excluding hydrogens is 538 g/mol. The number of benzene rings is 2. The second-order valence-corrected chi connectivity index (χ2v) is 7.74. The number of aryl methyl sites for hydroxylation is 1. The van der Waals surface area contributed by atoms with Crippen molar-refractivity contribution in [3.8, 4) is 17.0 Å². The van der Waals surface area contributed by atoms with Crippen LogP contribution < -0.4 is 21.1 Å². The summed E-state index contributed by atoms with van der Waals surface area (Å²) in [4.78, 5) is 42.4. The number of aromatic nitrogens is 1. The van der Waals surface area contributed by atoms with Gasteiger partial charge in [0.1, 0.15) is 18.1 Å². The summed E-state index contributed by atoms with van der Waals surface area (Å²) in [5.74, 6) is -0.133. The van der Waals surface area contributed by atoms with Crippen LogP contribution in [-0.2, 0) is 27.5 Å². The van der Waals surface area contributed by atoms with Gasteiger partial charge in [0.05, 0.1) is 6.54 Å². The lowest BCUT2D eigenvalue weighted by Gasteiger charge is -2.06. The van der Waals surface area contributed by atoms with Gasteiger partial charge >= 0.3 is 0 Å². The zero-order valence-electron chi connectivity index (χ0n) is 26.2. The van der Waals surface area contributed by atoms with Crippen molar-refractivity contribution < 1.29 is 23.6 Å². The monoisotopic (exact) mass is 585 g/mol. The Morgan fingerprint density at radius 1 is 0.952 bits per heavy atom. The molecule has 3 aromatic rings. The van der Waals surface area contributed by atoms with Gasteiger partial charge in [0, 0.05) is 36.2 Å². The predicted molar refractivity (Wildman–Crippen MR) is 166 cm³/mol. The number of rotatable bonds is 11. The van der Waals surface area contributed by atoms with E-state index in [1.54, 1.807) is 7.05 Å². The van der Waals surface area contributed by atoms with E-state index in [4.69, 9.17) is 15.0 Å². The minimum Gasteiger partial charge on any atom is -0.486 e. The van der Waals surface area contributed by atoms with Crippen LogP contribution in [0.5, 0.6) is 5.75 Å². The molecule has 0 saturated carbocycles. The molecule has 4 N–H and O–H groups in total. The minimum atomic E-state index is -0.833. The van der Waals surface area contributed by atoms with Gasteiger partial charge < -0.3 is 25.6 Å². The largest absolute Gasteiger partial charge is 0.486 e. The molecular formula is C31H47N5O6. The zero-order chi connectivity index (χ0) is 32.3. The normalized spacial score (nSPS) is 9.05. The Kier molecular flexibility index (Phi) is 24.2. The van der Waals surface area contributed by atoms with Crippen LogP contribution in [-0.4, -0.2) is 36.5 Å². The number of ether oxygens (including phenoxy) is 1. The lowest BCUT2D eigenvalue weighted by atomic mass is 10.1. The quantitative estimate of drug-likeness (QED) is 0.241. The first-order chi connectivity index (χ1) is 20.3. The molecule has 0 unspecified atom stereocenters. The maximum atomic E-state index is 11.8. The van der Waals surface area contributed by atoms with Crippen molar-refractivity contribution in [3.05, 3.63) is 76.4 Å². The van der Waals surface area contributed by atoms with Crippen molar-refractivity contribution in [2.45, 2.75) is 74.5 Å². The first-order valence-electron chi connectivity index (χ1n) is 14.1. The van der Waals surface area contributed by atoms with Crippen molar-refractivity contribution in [2.24, 2.45) is 10.9 Å². The van der Waals surface area contributed by atoms with E-state index in [9.17, 15) is 19.3 Å². The summed E-state index contributed by atoms with van der Waals surface area (Å²) in [7, 11) is 1.67. The van der Waals surface area contributed by atoms with Crippen LogP contribution in [0.25, 0.3) is 11.3 Å². The fourth-order valence-corrected chi connectivity index (χ4v) is 2.88. The van der Waals surface area contributed by atoms with Gasteiger partial charge in [-0.3, -0.25) is 14.4 Å². The van der Waals surface area contributed by atoms with Gasteiger partial charge in [-0.15, -0.1) is 4.91 Å². The molecule has 0 fully saturated rings. The fraction of sp³-hybridized carbons (Fsp3) is 0.419. The topological polar surface area (TPSA) is 166 Å². The van der Waals surface area contributed by atoms with Crippen molar-refractivity contribution >= 4 is 17.7 Å². The minimum absolute atomic E-state index is 0.0715. The summed E-state index contributed by atoms with van der Waals surface area (Å²) in [6, 6.07) is 17.1. The van der Waals surface area contributed by atoms with Crippen LogP contribution in [0.1, 0.15) is 71.3 Å². The smallest absolute Gasteiger partial charge is 0.286 e. The number of amides is 3. The molecule has 11 nitrogen and oxygen atoms in total. The Morgan fingerprint density at radius 3 is 2.14 bits per heavy atom. The highest BCUT2D eigenvalue weighted by molar-refractivity contribution is 5.84. The number of nitrogens with zero attached hydrogens (tertiary/aromatic N) is 2. The maximum Gasteiger partial charge on any atom is 0.286 e. The Morgan fingerprint density at radius 2 is 1.60 bits per heavy atom. The molecule has 0 atom stereocenters. The molecule has 42 heavy (non-hydrogen) atoms. The molecule has 0 saturated heterocycles. The van der Waals surface area contributed by atoms with E-state index in [-0.39, 0.29) is 44.4 Å². The highest BCUT2D eigenvalue weighted by Gasteiger charge is 2.10. The van der Waals surface area contributed by atoms with Crippen LogP contribution in [0, 0.1) is 11.8 Å². The molecule has 0 aliphatic heterocycles. The van der Waals surface area contributed by atoms with Gasteiger partial charge in [0.15, 0.2) is 5.76 Å². The van der Waals surface area contributed by atoms with Crippen LogP contribution in [0.15, 0.2) is 64.3 Å². The van der Waals surface area contributed by atoms with Gasteiger partial charge in [-0.2, -0.15) is 0 Å². The lowest BCUT2D eigenvalue weighted by molar-refractivity contribution is -0.125. The van der Waals surface area contributed by atoms with E-state index in [2.05, 4.69) is 21.0 Å². The van der Waals surface area contributed by atoms with Gasteiger partial charge in [0.2, 0.25) is 11.8 Å². The number of hydrogen-bond donors (Lipinski definition) is 3. The standard InChI is InChI=1S/C22H21N3O5.C3H8N2O.3C2H6/c1-15-5-7-18(8-6-15)29-14-19-12-20(25-30-19)17-4-2-3-16(11-17)13-23-21(26)9-10-22(27)24-28;1-5-2-3(4)6;3*1-2/h2-8,11-12H,9-10,13-14H2,1H3,(H,23,26);5H,2H2,1H3,(H2,4,6);3*1-2H3. The number of carbonyl (C=O) groups is 3. The second kappa shape index (κ2) is 25.6. The molecule has 0 aliphatic carbocycles. The second-order valence-electron chi connectivity index (χ2n) is 7.74. The van der Waals surface area contributed by atoms with E-state index in [1.807, 2.05) is 103 Å². The Balaban J connectivity index is 0. The summed E-state index contributed by atoms with van der Waals surface area (Å²) >= 11 is 0. The molecule has 0 bridgehead atoms. The first-order valence-corrected chi connectivity index (χ1v) is 14.1. The van der Waals surface area contributed by atoms with E-state index in [0.29, 0.717) is 11.5 Å². The molecule has 3 rings (SSSR count). The Labute approximate surface area is 249 Å². The van der Waals surface area contributed by atoms with Crippen LogP contribution in [0.2, 0.25) is 0 Å². The van der Waals surface area contributed by atoms with Crippen molar-refractivity contribution in [2.75, 3.05) is 13.6 Å². The number of nitroso groups, excluding NO2 is 1. The number of primary amides is 1. The highest BCUT2D eigenvalue weighted by Crippen LogP contribution is 2.22. The Hall–Kier alpha value is -4.38. The molecule has 0 spiro atoms. The van der Waals surface area contributed by atoms with Gasteiger partial charge in [0.25, 0.3) is 5.91 Å². The molecule has 2 aromatic carbocycles. The third-order valence-corrected chi connectivity index (χ3v) is 4.69. The van der Waals surface area contributed by atoms with Crippen molar-refractivity contribution in [3.63, 3.8) is 0 Å². The number of carbonyl (C=O) groups excluding carboxylic acids is 3. The molecule has 0 radical (unpaired) electrons. The predicted octanol–water partition coefficient (Wildman–Crippen LogP) is 5.69. The van der Waals surface area contributed by atoms with E-state index in [0.717, 1.165) is 22.4 Å². The molecule has 3 amide bonds. The summed E-state index contributed by atoms with van der Waals surface area (Å²) in [6.07, 6.45) is -0.264. The first kappa shape index (κ1) is 39.8. The zero-order valence-corrected chi connectivity index (χ0v) is 26.2. The van der Waals surface area contributed by atoms with Crippen LogP contribution >= 0.6 is 0 Å². The van der Waals surface area contributed by atoms with E-state index >= 15 is 0 Å². The average molecular weight is 586 g/mol. The van der Waals surface area contributed by atoms with Gasteiger partial charge in [-0.05, 0) is 37.7 Å². The van der Waals surface area contributed by atoms with Crippen LogP contribution in [0.3, 0.4) is 0 Å². The summed E-state index contributed by atoms with van der Waals surface area (Å²) < 4.78 is 11.1. The average Bonchev–Trinajstić information content (AvgIpc) is 3.51. The van der Waals surface area contributed by atoms with E-state index in [1.165, 1.54) is 0 Å². The third kappa shape index (κ3) is 18.1. The van der Waals surface area contributed by atoms with Crippen LogP contribution in [0.4, 0.5) is 0 Å². The molecule has 1 aromatic heterocycles. The third-order valence-electron chi connectivity index (χ3n) is 4.69. The number of hydrogen-bond acceptors (Lipinski definition) is 8. The summed E-state index contributed by atoms with van der Waals surface area (Å²) in [6.45, 7) is 14.8. The highest BCUT2D eigenvalue weighted by atomic mass is 16.5. The SMILES string of the molecule is CC.CC.CC.CNCC(N)=O.Cc1ccc(OCc2cc(-c3cccc(CNC(=O)CCC(=O)N=O)c3)no2)cc1. The lowest BCUT2D eigenvalue weighted by Crippen LogP contribution is -2.25. The van der Waals surface area contributed by atoms with Gasteiger partial charge in [-0.1, -0.05) is 82.6 Å². The Bertz CT molecular complexity index is 1160. The summed E-state index contributed by atoms with van der Waals surface area (Å²) in [5.41, 5.74) is 8.22. The molecule has 1 heterocycles. The van der Waals surface area contributed by atoms with Crippen molar-refractivity contribution in [1.82, 2.24) is 15.8 Å². The molecule has 232 valence electrons. The van der Waals surface area contributed by atoms with E-state index < -0.39 is 5.91 Å². The summed E-state index contributed by atoms with van der Waals surface area (Å²) in [5, 5.41) is 11.7. The van der Waals surface area contributed by atoms with Gasteiger partial charge in [-0.25, -0.2) is 0 Å². The molecule has 11 heteroatoms. The number of nitrogens with two attached hydrogens (primary N) is 1. The molecule has 0 aliphatic rings. The van der Waals surface area contributed by atoms with Crippen molar-refractivity contribution in [1.29, 1.82) is 0 Å². The maximum absolute atomic E-state index is 11.8. The fourth-order valence-electron chi connectivity index (χ4n) is 2.88. The number of likely N-dealkylation sites (N-methyl/N-ethyl adjacent to an activating group) is 1.